The van der Waals surface area contributed by atoms with E-state index in [1.807, 2.05) is 50.2 Å². The number of amides is 1. The third-order valence-electron chi connectivity index (χ3n) is 5.76. The standard InChI is InChI=1S/C25H21ClN6O2/c1-14-7-9-17(10-8-14)32-19(13-16-5-3-6-18(26)20(16)25(32)34)15(2)29-24(33)21-22(27)30-31-12-4-11-28-23(21)31/h3-13,15H,1-2H3,(H2,27,30)(H,29,33). The SMILES string of the molecule is Cc1ccc(-n2c(C(C)NC(=O)c3c(N)nn4cccnc34)cc3cccc(Cl)c3c2=O)cc1. The van der Waals surface area contributed by atoms with Crippen LogP contribution in [0.2, 0.25) is 5.02 Å². The van der Waals surface area contributed by atoms with Crippen molar-refractivity contribution in [2.75, 3.05) is 5.73 Å². The molecule has 0 bridgehead atoms. The summed E-state index contributed by atoms with van der Waals surface area (Å²) in [5.41, 5.74) is 8.62. The van der Waals surface area contributed by atoms with Crippen LogP contribution in [0.15, 0.2) is 71.8 Å². The molecular weight excluding hydrogens is 452 g/mol. The van der Waals surface area contributed by atoms with E-state index in [1.54, 1.807) is 35.2 Å². The van der Waals surface area contributed by atoms with Gasteiger partial charge in [-0.3, -0.25) is 14.2 Å². The molecule has 1 amide bonds. The molecule has 0 aliphatic carbocycles. The molecule has 0 fully saturated rings. The Morgan fingerprint density at radius 3 is 2.68 bits per heavy atom. The van der Waals surface area contributed by atoms with E-state index in [0.29, 0.717) is 32.8 Å². The number of benzene rings is 2. The van der Waals surface area contributed by atoms with Crippen LogP contribution in [0.3, 0.4) is 0 Å². The van der Waals surface area contributed by atoms with Gasteiger partial charge < -0.3 is 11.1 Å². The normalized spacial score (nSPS) is 12.2. The van der Waals surface area contributed by atoms with Crippen LogP contribution >= 0.6 is 11.6 Å². The summed E-state index contributed by atoms with van der Waals surface area (Å²) in [6, 6.07) is 15.9. The Balaban J connectivity index is 1.64. The minimum atomic E-state index is -0.553. The molecule has 8 nitrogen and oxygen atoms in total. The molecule has 3 aromatic heterocycles. The van der Waals surface area contributed by atoms with Gasteiger partial charge in [0.1, 0.15) is 5.56 Å². The van der Waals surface area contributed by atoms with Crippen molar-refractivity contribution >= 4 is 39.7 Å². The number of rotatable bonds is 4. The van der Waals surface area contributed by atoms with Crippen LogP contribution in [0.25, 0.3) is 22.1 Å². The number of hydrogen-bond donors (Lipinski definition) is 2. The summed E-state index contributed by atoms with van der Waals surface area (Å²) in [6.45, 7) is 3.78. The van der Waals surface area contributed by atoms with Crippen molar-refractivity contribution in [3.8, 4) is 5.69 Å². The van der Waals surface area contributed by atoms with Gasteiger partial charge in [-0.15, -0.1) is 5.10 Å². The summed E-state index contributed by atoms with van der Waals surface area (Å²) in [4.78, 5) is 31.1. The number of aryl methyl sites for hydroxylation is 1. The second-order valence-electron chi connectivity index (χ2n) is 8.09. The molecule has 9 heteroatoms. The van der Waals surface area contributed by atoms with Crippen molar-refractivity contribution in [1.29, 1.82) is 0 Å². The first-order chi connectivity index (χ1) is 16.3. The van der Waals surface area contributed by atoms with Gasteiger partial charge in [-0.2, -0.15) is 0 Å². The lowest BCUT2D eigenvalue weighted by atomic mass is 10.1. The molecule has 3 N–H and O–H groups in total. The van der Waals surface area contributed by atoms with E-state index < -0.39 is 11.9 Å². The van der Waals surface area contributed by atoms with Gasteiger partial charge in [-0.1, -0.05) is 41.4 Å². The second-order valence-corrected chi connectivity index (χ2v) is 8.50. The summed E-state index contributed by atoms with van der Waals surface area (Å²) in [6.07, 6.45) is 3.24. The zero-order valence-electron chi connectivity index (χ0n) is 18.5. The summed E-state index contributed by atoms with van der Waals surface area (Å²) in [5.74, 6) is -0.364. The number of anilines is 1. The van der Waals surface area contributed by atoms with E-state index in [1.165, 1.54) is 4.52 Å². The Morgan fingerprint density at radius 1 is 1.15 bits per heavy atom. The Labute approximate surface area is 199 Å². The van der Waals surface area contributed by atoms with Gasteiger partial charge in [-0.05, 0) is 49.6 Å². The number of fused-ring (bicyclic) bond motifs is 2. The van der Waals surface area contributed by atoms with E-state index in [9.17, 15) is 9.59 Å². The number of aromatic nitrogens is 4. The number of pyridine rings is 1. The molecule has 0 aliphatic rings. The molecule has 0 aliphatic heterocycles. The summed E-state index contributed by atoms with van der Waals surface area (Å²) < 4.78 is 3.03. The van der Waals surface area contributed by atoms with E-state index in [-0.39, 0.29) is 16.9 Å². The van der Waals surface area contributed by atoms with Gasteiger partial charge in [0.2, 0.25) is 0 Å². The molecule has 0 saturated heterocycles. The van der Waals surface area contributed by atoms with Crippen molar-refractivity contribution in [2.45, 2.75) is 19.9 Å². The van der Waals surface area contributed by atoms with Crippen molar-refractivity contribution in [3.63, 3.8) is 0 Å². The van der Waals surface area contributed by atoms with Crippen molar-refractivity contribution in [3.05, 3.63) is 99.2 Å². The summed E-state index contributed by atoms with van der Waals surface area (Å²) in [5, 5.41) is 8.59. The van der Waals surface area contributed by atoms with Crippen molar-refractivity contribution in [2.24, 2.45) is 0 Å². The van der Waals surface area contributed by atoms with Gasteiger partial charge in [0.15, 0.2) is 11.5 Å². The number of nitrogens with zero attached hydrogens (tertiary/aromatic N) is 4. The topological polar surface area (TPSA) is 107 Å². The third-order valence-corrected chi connectivity index (χ3v) is 6.07. The van der Waals surface area contributed by atoms with Crippen LogP contribution in [0.1, 0.15) is 34.6 Å². The van der Waals surface area contributed by atoms with Gasteiger partial charge in [0.25, 0.3) is 11.5 Å². The summed E-state index contributed by atoms with van der Waals surface area (Å²) >= 11 is 6.39. The molecule has 170 valence electrons. The number of carbonyl (C=O) groups excluding carboxylic acids is 1. The quantitative estimate of drug-likeness (QED) is 0.410. The molecule has 0 radical (unpaired) electrons. The summed E-state index contributed by atoms with van der Waals surface area (Å²) in [7, 11) is 0. The minimum Gasteiger partial charge on any atom is -0.381 e. The Bertz CT molecular complexity index is 1620. The highest BCUT2D eigenvalue weighted by atomic mass is 35.5. The van der Waals surface area contributed by atoms with Crippen LogP contribution < -0.4 is 16.6 Å². The van der Waals surface area contributed by atoms with E-state index in [2.05, 4.69) is 15.4 Å². The van der Waals surface area contributed by atoms with Gasteiger partial charge in [0, 0.05) is 23.8 Å². The first kappa shape index (κ1) is 21.7. The van der Waals surface area contributed by atoms with E-state index in [0.717, 1.165) is 5.56 Å². The number of halogens is 1. The molecule has 5 aromatic rings. The lowest BCUT2D eigenvalue weighted by Crippen LogP contribution is -2.32. The first-order valence-electron chi connectivity index (χ1n) is 10.7. The monoisotopic (exact) mass is 472 g/mol. The largest absolute Gasteiger partial charge is 0.381 e. The molecule has 5 rings (SSSR count). The molecule has 0 spiro atoms. The van der Waals surface area contributed by atoms with Crippen molar-refractivity contribution < 1.29 is 4.79 Å². The molecule has 34 heavy (non-hydrogen) atoms. The smallest absolute Gasteiger partial charge is 0.264 e. The predicted octanol–water partition coefficient (Wildman–Crippen LogP) is 4.07. The Morgan fingerprint density at radius 2 is 1.91 bits per heavy atom. The zero-order chi connectivity index (χ0) is 24.0. The third kappa shape index (κ3) is 3.58. The minimum absolute atomic E-state index is 0.0737. The fourth-order valence-corrected chi connectivity index (χ4v) is 4.35. The molecule has 2 aromatic carbocycles. The molecule has 1 atom stereocenters. The zero-order valence-corrected chi connectivity index (χ0v) is 19.2. The maximum atomic E-state index is 13.6. The van der Waals surface area contributed by atoms with Gasteiger partial charge in [0.05, 0.1) is 16.5 Å². The lowest BCUT2D eigenvalue weighted by Gasteiger charge is -2.21. The van der Waals surface area contributed by atoms with Gasteiger partial charge >= 0.3 is 0 Å². The lowest BCUT2D eigenvalue weighted by molar-refractivity contribution is 0.0941. The first-order valence-corrected chi connectivity index (χ1v) is 11.0. The van der Waals surface area contributed by atoms with Crippen LogP contribution in [-0.4, -0.2) is 25.1 Å². The molecule has 3 heterocycles. The highest BCUT2D eigenvalue weighted by molar-refractivity contribution is 6.35. The number of nitrogens with one attached hydrogen (secondary N) is 1. The molecular formula is C25H21ClN6O2. The molecule has 0 saturated carbocycles. The Kier molecular flexibility index (Phi) is 5.30. The molecule has 1 unspecified atom stereocenters. The average Bonchev–Trinajstić information content (AvgIpc) is 3.15. The van der Waals surface area contributed by atoms with Crippen LogP contribution in [-0.2, 0) is 0 Å². The Hall–Kier alpha value is -4.17. The second kappa shape index (κ2) is 8.31. The van der Waals surface area contributed by atoms with Crippen LogP contribution in [0.5, 0.6) is 0 Å². The maximum Gasteiger partial charge on any atom is 0.264 e. The van der Waals surface area contributed by atoms with Gasteiger partial charge in [-0.25, -0.2) is 9.50 Å². The van der Waals surface area contributed by atoms with Crippen LogP contribution in [0.4, 0.5) is 5.82 Å². The maximum absolute atomic E-state index is 13.6. The number of nitrogens with two attached hydrogens (primary N) is 1. The van der Waals surface area contributed by atoms with Crippen molar-refractivity contribution in [1.82, 2.24) is 24.5 Å². The highest BCUT2D eigenvalue weighted by Crippen LogP contribution is 2.26. The number of carbonyl (C=O) groups is 1. The number of hydrogen-bond acceptors (Lipinski definition) is 5. The fourth-order valence-electron chi connectivity index (χ4n) is 4.08. The average molecular weight is 473 g/mol. The van der Waals surface area contributed by atoms with E-state index >= 15 is 0 Å². The highest BCUT2D eigenvalue weighted by Gasteiger charge is 2.23. The predicted molar refractivity (Wildman–Crippen MR) is 133 cm³/mol. The van der Waals surface area contributed by atoms with E-state index in [4.69, 9.17) is 17.3 Å². The van der Waals surface area contributed by atoms with Crippen LogP contribution in [0, 0.1) is 6.92 Å². The fraction of sp³-hybridized carbons (Fsp3) is 0.120. The number of nitrogen functional groups attached to an aromatic ring is 1.